The molecule has 3 aromatic heterocycles. The van der Waals surface area contributed by atoms with Crippen LogP contribution in [0.15, 0.2) is 76.7 Å². The number of aryl methyl sites for hydroxylation is 1. The molecule has 0 aliphatic rings. The van der Waals surface area contributed by atoms with Gasteiger partial charge in [-0.3, -0.25) is 9.59 Å². The molecule has 5 aromatic rings. The minimum atomic E-state index is -1.06. The predicted molar refractivity (Wildman–Crippen MR) is 165 cm³/mol. The summed E-state index contributed by atoms with van der Waals surface area (Å²) in [7, 11) is 1.61. The van der Waals surface area contributed by atoms with Gasteiger partial charge >= 0.3 is 0 Å². The van der Waals surface area contributed by atoms with E-state index in [-0.39, 0.29) is 22.0 Å². The number of pyridine rings is 2. The molecule has 0 atom stereocenters. The summed E-state index contributed by atoms with van der Waals surface area (Å²) in [6.07, 6.45) is 4.61. The molecule has 0 saturated heterocycles. The Hall–Kier alpha value is -4.67. The van der Waals surface area contributed by atoms with Crippen LogP contribution >= 0.6 is 0 Å². The number of fused-ring (bicyclic) bond motifs is 1. The smallest absolute Gasteiger partial charge is 0.282 e. The third kappa shape index (κ3) is 5.71. The Bertz CT molecular complexity index is 1970. The van der Waals surface area contributed by atoms with E-state index in [0.29, 0.717) is 39.1 Å². The first-order valence-corrected chi connectivity index (χ1v) is 13.8. The molecule has 10 heteroatoms. The molecule has 2 aromatic carbocycles. The number of anilines is 2. The number of aliphatic hydroxyl groups excluding tert-OH is 1. The van der Waals surface area contributed by atoms with Gasteiger partial charge in [-0.05, 0) is 60.7 Å². The van der Waals surface area contributed by atoms with E-state index >= 15 is 4.39 Å². The fourth-order valence-corrected chi connectivity index (χ4v) is 4.96. The van der Waals surface area contributed by atoms with E-state index in [9.17, 15) is 19.8 Å². The number of nitrogens with zero attached hydrogens (tertiary/aromatic N) is 4. The van der Waals surface area contributed by atoms with E-state index in [0.717, 1.165) is 10.2 Å². The number of nitrogens with one attached hydrogen (secondary N) is 1. The second kappa shape index (κ2) is 10.9. The molecular weight excluding hydrogens is 549 g/mol. The van der Waals surface area contributed by atoms with Crippen molar-refractivity contribution in [1.82, 2.24) is 19.3 Å². The Morgan fingerprint density at radius 3 is 2.33 bits per heavy atom. The van der Waals surface area contributed by atoms with Gasteiger partial charge in [-0.25, -0.2) is 9.37 Å². The van der Waals surface area contributed by atoms with Crippen molar-refractivity contribution in [3.8, 4) is 16.8 Å². The topological polar surface area (TPSA) is 122 Å². The fourth-order valence-electron chi connectivity index (χ4n) is 4.96. The minimum absolute atomic E-state index is 0.0889. The molecule has 0 unspecified atom stereocenters. The molecule has 0 radical (unpaired) electrons. The van der Waals surface area contributed by atoms with Crippen molar-refractivity contribution in [3.05, 3.63) is 110 Å². The van der Waals surface area contributed by atoms with Crippen LogP contribution in [0.3, 0.4) is 0 Å². The summed E-state index contributed by atoms with van der Waals surface area (Å²) in [5.41, 5.74) is 1.07. The van der Waals surface area contributed by atoms with E-state index in [1.54, 1.807) is 69.6 Å². The lowest BCUT2D eigenvalue weighted by atomic mass is 9.86. The molecule has 0 amide bonds. The van der Waals surface area contributed by atoms with E-state index in [4.69, 9.17) is 0 Å². The van der Waals surface area contributed by atoms with Gasteiger partial charge in [0.15, 0.2) is 0 Å². The molecule has 3 heterocycles. The molecule has 5 rings (SSSR count). The van der Waals surface area contributed by atoms with Crippen molar-refractivity contribution < 1.29 is 14.6 Å². The van der Waals surface area contributed by atoms with Gasteiger partial charge in [0.05, 0.1) is 29.5 Å². The summed E-state index contributed by atoms with van der Waals surface area (Å²) in [4.78, 5) is 30.9. The number of aromatic nitrogens is 4. The van der Waals surface area contributed by atoms with E-state index in [1.807, 2.05) is 20.8 Å². The summed E-state index contributed by atoms with van der Waals surface area (Å²) in [5, 5.41) is 28.4. The highest BCUT2D eigenvalue weighted by Gasteiger charge is 2.21. The van der Waals surface area contributed by atoms with Crippen LogP contribution in [0.5, 0.6) is 0 Å². The number of benzene rings is 2. The zero-order valence-corrected chi connectivity index (χ0v) is 24.9. The van der Waals surface area contributed by atoms with Crippen molar-refractivity contribution in [1.29, 1.82) is 0 Å². The van der Waals surface area contributed by atoms with Gasteiger partial charge in [0, 0.05) is 41.5 Å². The summed E-state index contributed by atoms with van der Waals surface area (Å²) < 4.78 is 17.8. The van der Waals surface area contributed by atoms with Crippen LogP contribution in [-0.4, -0.2) is 29.5 Å². The third-order valence-corrected chi connectivity index (χ3v) is 7.47. The Balaban J connectivity index is 1.61. The lowest BCUT2D eigenvalue weighted by molar-refractivity contribution is 0.0782. The standard InChI is InChI=1S/C33H34FN5O4/c1-32(2,3)22-12-19-15-36-39(31(42)29(19)25(34)14-22)27-9-7-8-23(24(27)18-40)20-13-26(30(41)38(6)17-20)37-28-11-10-21(16-35-28)33(4,5)43/h7-17,40,43H,18H2,1-6H3,(H,35,37). The van der Waals surface area contributed by atoms with Crippen molar-refractivity contribution >= 4 is 22.3 Å². The van der Waals surface area contributed by atoms with Gasteiger partial charge in [0.1, 0.15) is 17.3 Å². The Morgan fingerprint density at radius 1 is 0.953 bits per heavy atom. The third-order valence-electron chi connectivity index (χ3n) is 7.47. The fraction of sp³-hybridized carbons (Fsp3) is 0.273. The summed E-state index contributed by atoms with van der Waals surface area (Å²) in [6, 6.07) is 13.3. The van der Waals surface area contributed by atoms with Gasteiger partial charge in [-0.15, -0.1) is 0 Å². The van der Waals surface area contributed by atoms with Crippen molar-refractivity contribution in [2.24, 2.45) is 7.05 Å². The highest BCUT2D eigenvalue weighted by atomic mass is 19.1. The summed E-state index contributed by atoms with van der Waals surface area (Å²) in [5.74, 6) is -0.231. The number of hydrogen-bond acceptors (Lipinski definition) is 7. The maximum atomic E-state index is 15.3. The molecule has 9 nitrogen and oxygen atoms in total. The average Bonchev–Trinajstić information content (AvgIpc) is 2.94. The zero-order valence-electron chi connectivity index (χ0n) is 24.9. The van der Waals surface area contributed by atoms with Crippen LogP contribution in [0.4, 0.5) is 15.9 Å². The van der Waals surface area contributed by atoms with Crippen LogP contribution < -0.4 is 16.4 Å². The van der Waals surface area contributed by atoms with E-state index in [1.165, 1.54) is 23.0 Å². The quantitative estimate of drug-likeness (QED) is 0.256. The summed E-state index contributed by atoms with van der Waals surface area (Å²) in [6.45, 7) is 8.76. The monoisotopic (exact) mass is 583 g/mol. The highest BCUT2D eigenvalue weighted by molar-refractivity contribution is 5.83. The number of hydrogen-bond donors (Lipinski definition) is 3. The van der Waals surface area contributed by atoms with E-state index in [2.05, 4.69) is 15.4 Å². The van der Waals surface area contributed by atoms with Crippen molar-refractivity contribution in [2.45, 2.75) is 52.2 Å². The Kier molecular flexibility index (Phi) is 7.53. The first-order chi connectivity index (χ1) is 20.2. The number of halogens is 1. The van der Waals surface area contributed by atoms with Crippen LogP contribution in [-0.2, 0) is 24.7 Å². The Morgan fingerprint density at radius 2 is 1.70 bits per heavy atom. The molecule has 0 bridgehead atoms. The second-order valence-electron chi connectivity index (χ2n) is 12.2. The lowest BCUT2D eigenvalue weighted by Crippen LogP contribution is -2.24. The normalized spacial score (nSPS) is 12.1. The van der Waals surface area contributed by atoms with Gasteiger partial charge < -0.3 is 20.1 Å². The molecule has 0 fully saturated rings. The van der Waals surface area contributed by atoms with Crippen LogP contribution in [0.2, 0.25) is 0 Å². The second-order valence-corrected chi connectivity index (χ2v) is 12.2. The molecule has 222 valence electrons. The molecule has 0 saturated carbocycles. The molecule has 0 spiro atoms. The van der Waals surface area contributed by atoms with Crippen molar-refractivity contribution in [2.75, 3.05) is 5.32 Å². The van der Waals surface area contributed by atoms with Crippen molar-refractivity contribution in [3.63, 3.8) is 0 Å². The number of aliphatic hydroxyl groups is 2. The molecule has 3 N–H and O–H groups in total. The largest absolute Gasteiger partial charge is 0.392 e. The maximum Gasteiger partial charge on any atom is 0.282 e. The number of rotatable bonds is 6. The Labute approximate surface area is 247 Å². The minimum Gasteiger partial charge on any atom is -0.392 e. The predicted octanol–water partition coefficient (Wildman–Crippen LogP) is 5.05. The maximum absolute atomic E-state index is 15.3. The molecule has 43 heavy (non-hydrogen) atoms. The van der Waals surface area contributed by atoms with Gasteiger partial charge in [-0.2, -0.15) is 9.78 Å². The van der Waals surface area contributed by atoms with Gasteiger partial charge in [-0.1, -0.05) is 39.0 Å². The van der Waals surface area contributed by atoms with Crippen LogP contribution in [0, 0.1) is 5.82 Å². The first kappa shape index (κ1) is 29.8. The molecule has 0 aliphatic heterocycles. The summed E-state index contributed by atoms with van der Waals surface area (Å²) >= 11 is 0. The SMILES string of the molecule is Cn1cc(-c2cccc(-n3ncc4cc(C(C)(C)C)cc(F)c4c3=O)c2CO)cc(Nc2ccc(C(C)(C)O)cn2)c1=O. The highest BCUT2D eigenvalue weighted by Crippen LogP contribution is 2.31. The lowest BCUT2D eigenvalue weighted by Gasteiger charge is -2.20. The molecule has 0 aliphatic carbocycles. The average molecular weight is 584 g/mol. The van der Waals surface area contributed by atoms with Crippen LogP contribution in [0.1, 0.15) is 51.3 Å². The molecular formula is C33H34FN5O4. The van der Waals surface area contributed by atoms with Gasteiger partial charge in [0.25, 0.3) is 11.1 Å². The zero-order chi connectivity index (χ0) is 31.3. The first-order valence-electron chi connectivity index (χ1n) is 13.8. The van der Waals surface area contributed by atoms with Gasteiger partial charge in [0.2, 0.25) is 0 Å². The van der Waals surface area contributed by atoms with Crippen LogP contribution in [0.25, 0.3) is 27.6 Å². The van der Waals surface area contributed by atoms with E-state index < -0.39 is 23.6 Å².